The summed E-state index contributed by atoms with van der Waals surface area (Å²) in [6.07, 6.45) is 0. The van der Waals surface area contributed by atoms with Crippen LogP contribution in [0.15, 0.2) is 0 Å². The van der Waals surface area contributed by atoms with Crippen LogP contribution in [0.5, 0.6) is 0 Å². The van der Waals surface area contributed by atoms with Crippen LogP contribution in [0.3, 0.4) is 0 Å². The first-order chi connectivity index (χ1) is 9.11. The highest BCUT2D eigenvalue weighted by atomic mass is 16.4. The molecular weight excluding hydrogens is 276 g/mol. The highest BCUT2D eigenvalue weighted by Crippen LogP contribution is 2.39. The van der Waals surface area contributed by atoms with Crippen LogP contribution in [0.1, 0.15) is 0 Å². The van der Waals surface area contributed by atoms with Crippen molar-refractivity contribution in [2.75, 3.05) is 0 Å². The molecule has 0 aromatic rings. The van der Waals surface area contributed by atoms with E-state index in [4.69, 9.17) is 31.9 Å². The summed E-state index contributed by atoms with van der Waals surface area (Å²) < 4.78 is 0. The zero-order chi connectivity index (χ0) is 15.8. The van der Waals surface area contributed by atoms with Gasteiger partial charge in [-0.3, -0.25) is 19.2 Å². The molecule has 0 heterocycles. The SMILES string of the molecule is NC1C(N)C(C(=O)O)C(C(=O)O)C(C(=O)O)C1C(=O)O. The summed E-state index contributed by atoms with van der Waals surface area (Å²) in [5.41, 5.74) is 11.0. The third kappa shape index (κ3) is 2.42. The lowest BCUT2D eigenvalue weighted by Crippen LogP contribution is -2.66. The Balaban J connectivity index is 3.43. The van der Waals surface area contributed by atoms with Gasteiger partial charge in [0.25, 0.3) is 0 Å². The van der Waals surface area contributed by atoms with Crippen molar-refractivity contribution in [2.45, 2.75) is 12.1 Å². The Kier molecular flexibility index (Phi) is 4.30. The van der Waals surface area contributed by atoms with E-state index in [0.717, 1.165) is 0 Å². The van der Waals surface area contributed by atoms with E-state index in [1.165, 1.54) is 0 Å². The summed E-state index contributed by atoms with van der Waals surface area (Å²) in [6, 6.07) is -2.96. The first kappa shape index (κ1) is 15.9. The number of carboxylic acids is 4. The average molecular weight is 290 g/mol. The lowest BCUT2D eigenvalue weighted by molar-refractivity contribution is -0.175. The Hall–Kier alpha value is -2.20. The number of rotatable bonds is 4. The Labute approximate surface area is 112 Å². The summed E-state index contributed by atoms with van der Waals surface area (Å²) in [5, 5.41) is 36.2. The second-order valence-corrected chi connectivity index (χ2v) is 4.61. The van der Waals surface area contributed by atoms with Crippen molar-refractivity contribution in [3.63, 3.8) is 0 Å². The minimum Gasteiger partial charge on any atom is -0.481 e. The normalized spacial score (nSPS) is 37.1. The van der Waals surface area contributed by atoms with E-state index in [9.17, 15) is 19.2 Å². The molecule has 0 bridgehead atoms. The fourth-order valence-corrected chi connectivity index (χ4v) is 2.66. The predicted molar refractivity (Wildman–Crippen MR) is 60.5 cm³/mol. The Morgan fingerprint density at radius 2 is 0.750 bits per heavy atom. The van der Waals surface area contributed by atoms with E-state index in [2.05, 4.69) is 0 Å². The van der Waals surface area contributed by atoms with Crippen LogP contribution in [-0.4, -0.2) is 56.4 Å². The number of aliphatic carboxylic acids is 4. The van der Waals surface area contributed by atoms with Gasteiger partial charge in [0.15, 0.2) is 0 Å². The number of carbonyl (C=O) groups is 4. The zero-order valence-corrected chi connectivity index (χ0v) is 10.0. The largest absolute Gasteiger partial charge is 0.481 e. The minimum atomic E-state index is -1.97. The molecule has 0 spiro atoms. The van der Waals surface area contributed by atoms with Gasteiger partial charge in [0.2, 0.25) is 0 Å². The fourth-order valence-electron chi connectivity index (χ4n) is 2.66. The van der Waals surface area contributed by atoms with E-state index < -0.39 is 59.6 Å². The van der Waals surface area contributed by atoms with Crippen molar-refractivity contribution in [1.29, 1.82) is 0 Å². The second kappa shape index (κ2) is 5.43. The van der Waals surface area contributed by atoms with E-state index >= 15 is 0 Å². The van der Waals surface area contributed by atoms with Crippen molar-refractivity contribution < 1.29 is 39.6 Å². The monoisotopic (exact) mass is 290 g/mol. The molecule has 20 heavy (non-hydrogen) atoms. The van der Waals surface area contributed by atoms with Crippen molar-refractivity contribution >= 4 is 23.9 Å². The van der Waals surface area contributed by atoms with Crippen LogP contribution in [-0.2, 0) is 19.2 Å². The van der Waals surface area contributed by atoms with Crippen LogP contribution in [0.25, 0.3) is 0 Å². The molecule has 0 aromatic heterocycles. The fraction of sp³-hybridized carbons (Fsp3) is 0.600. The molecular formula is C10H14N2O8. The lowest BCUT2D eigenvalue weighted by Gasteiger charge is -2.42. The zero-order valence-electron chi connectivity index (χ0n) is 10.0. The smallest absolute Gasteiger partial charge is 0.309 e. The Morgan fingerprint density at radius 3 is 0.900 bits per heavy atom. The number of hydrogen-bond donors (Lipinski definition) is 6. The third-order valence-corrected chi connectivity index (χ3v) is 3.58. The number of hydrogen-bond acceptors (Lipinski definition) is 6. The first-order valence-electron chi connectivity index (χ1n) is 5.53. The van der Waals surface area contributed by atoms with Crippen LogP contribution >= 0.6 is 0 Å². The van der Waals surface area contributed by atoms with Gasteiger partial charge in [-0.15, -0.1) is 0 Å². The Bertz CT molecular complexity index is 422. The minimum absolute atomic E-state index is 1.48. The van der Waals surface area contributed by atoms with Gasteiger partial charge in [0.05, 0.1) is 23.7 Å². The molecule has 0 saturated heterocycles. The standard InChI is InChI=1S/C10H14N2O8/c11-5-3(9(17)18)1(7(13)14)2(8(15)16)4(6(5)12)10(19)20/h1-6H,11-12H2,(H,13,14)(H,15,16)(H,17,18)(H,19,20). The molecule has 112 valence electrons. The van der Waals surface area contributed by atoms with Crippen LogP contribution < -0.4 is 11.5 Å². The molecule has 6 atom stereocenters. The van der Waals surface area contributed by atoms with Gasteiger partial charge in [-0.25, -0.2) is 0 Å². The summed E-state index contributed by atoms with van der Waals surface area (Å²) in [6.45, 7) is 0. The molecule has 1 fully saturated rings. The van der Waals surface area contributed by atoms with E-state index in [0.29, 0.717) is 0 Å². The maximum Gasteiger partial charge on any atom is 0.309 e. The molecule has 1 saturated carbocycles. The molecule has 8 N–H and O–H groups in total. The molecule has 0 amide bonds. The molecule has 10 nitrogen and oxygen atoms in total. The topological polar surface area (TPSA) is 201 Å². The molecule has 0 aromatic carbocycles. The molecule has 0 aliphatic heterocycles. The van der Waals surface area contributed by atoms with Gasteiger partial charge in [-0.1, -0.05) is 0 Å². The van der Waals surface area contributed by atoms with Gasteiger partial charge in [-0.05, 0) is 0 Å². The molecule has 0 radical (unpaired) electrons. The second-order valence-electron chi connectivity index (χ2n) is 4.61. The van der Waals surface area contributed by atoms with Crippen molar-refractivity contribution in [1.82, 2.24) is 0 Å². The maximum absolute atomic E-state index is 11.2. The quantitative estimate of drug-likeness (QED) is 0.320. The molecule has 10 heteroatoms. The van der Waals surface area contributed by atoms with Crippen LogP contribution in [0, 0.1) is 23.7 Å². The highest BCUT2D eigenvalue weighted by Gasteiger charge is 2.59. The summed E-state index contributed by atoms with van der Waals surface area (Å²) in [7, 11) is 0. The van der Waals surface area contributed by atoms with E-state index in [1.54, 1.807) is 0 Å². The van der Waals surface area contributed by atoms with Crippen molar-refractivity contribution in [3.05, 3.63) is 0 Å². The summed E-state index contributed by atoms with van der Waals surface area (Å²) in [5.74, 6) is -14.2. The van der Waals surface area contributed by atoms with Crippen LogP contribution in [0.2, 0.25) is 0 Å². The summed E-state index contributed by atoms with van der Waals surface area (Å²) in [4.78, 5) is 44.6. The predicted octanol–water partition coefficient (Wildman–Crippen LogP) is -2.54. The van der Waals surface area contributed by atoms with E-state index in [-0.39, 0.29) is 0 Å². The van der Waals surface area contributed by atoms with Gasteiger partial charge in [0.1, 0.15) is 0 Å². The van der Waals surface area contributed by atoms with Gasteiger partial charge in [0, 0.05) is 12.1 Å². The molecule has 1 aliphatic rings. The highest BCUT2D eigenvalue weighted by molar-refractivity contribution is 5.90. The first-order valence-corrected chi connectivity index (χ1v) is 5.53. The lowest BCUT2D eigenvalue weighted by atomic mass is 9.62. The van der Waals surface area contributed by atoms with E-state index in [1.807, 2.05) is 0 Å². The third-order valence-electron chi connectivity index (χ3n) is 3.58. The van der Waals surface area contributed by atoms with Crippen molar-refractivity contribution in [2.24, 2.45) is 35.1 Å². The molecule has 1 aliphatic carbocycles. The molecule has 1 rings (SSSR count). The van der Waals surface area contributed by atoms with Gasteiger partial charge < -0.3 is 31.9 Å². The Morgan fingerprint density at radius 1 is 0.550 bits per heavy atom. The van der Waals surface area contributed by atoms with Gasteiger partial charge in [-0.2, -0.15) is 0 Å². The number of nitrogens with two attached hydrogens (primary N) is 2. The van der Waals surface area contributed by atoms with Crippen LogP contribution in [0.4, 0.5) is 0 Å². The molecule has 6 unspecified atom stereocenters. The maximum atomic E-state index is 11.2. The number of carboxylic acid groups (broad SMARTS) is 4. The summed E-state index contributed by atoms with van der Waals surface area (Å²) >= 11 is 0. The average Bonchev–Trinajstić information content (AvgIpc) is 2.29. The van der Waals surface area contributed by atoms with Crippen molar-refractivity contribution in [3.8, 4) is 0 Å². The van der Waals surface area contributed by atoms with Gasteiger partial charge >= 0.3 is 23.9 Å².